The van der Waals surface area contributed by atoms with E-state index in [1.807, 2.05) is 0 Å². The molecule has 5 saturated carbocycles. The van der Waals surface area contributed by atoms with Gasteiger partial charge in [-0.3, -0.25) is 0 Å². The lowest BCUT2D eigenvalue weighted by atomic mass is 9.43. The summed E-state index contributed by atoms with van der Waals surface area (Å²) in [6.07, 6.45) is 8.32. The first-order valence-electron chi connectivity index (χ1n) is 15.8. The zero-order chi connectivity index (χ0) is 27.6. The van der Waals surface area contributed by atoms with Gasteiger partial charge in [0.25, 0.3) is 0 Å². The van der Waals surface area contributed by atoms with E-state index in [-0.39, 0.29) is 24.2 Å². The largest absolute Gasteiger partial charge is 0.417 e. The van der Waals surface area contributed by atoms with Crippen LogP contribution in [0.1, 0.15) is 117 Å². The lowest BCUT2D eigenvalue weighted by Crippen LogP contribution is -2.59. The molecule has 5 aliphatic carbocycles. The Morgan fingerprint density at radius 2 is 1.53 bits per heavy atom. The van der Waals surface area contributed by atoms with Gasteiger partial charge in [-0.1, -0.05) is 20.8 Å². The van der Waals surface area contributed by atoms with Crippen LogP contribution in [-0.2, 0) is 4.74 Å². The highest BCUT2D eigenvalue weighted by atomic mass is 19.4. The second kappa shape index (κ2) is 10.2. The predicted octanol–water partition coefficient (Wildman–Crippen LogP) is 7.92. The van der Waals surface area contributed by atoms with E-state index in [9.17, 15) is 23.4 Å². The fourth-order valence-electron chi connectivity index (χ4n) is 11.0. The number of rotatable bonds is 6. The molecule has 0 bridgehead atoms. The van der Waals surface area contributed by atoms with E-state index in [1.165, 1.54) is 19.3 Å². The molecular weight excluding hydrogens is 489 g/mol. The zero-order valence-corrected chi connectivity index (χ0v) is 24.3. The van der Waals surface area contributed by atoms with Gasteiger partial charge in [0.05, 0.1) is 5.60 Å². The molecule has 0 aromatic rings. The maximum atomic E-state index is 13.7. The topological polar surface area (TPSA) is 49.7 Å². The molecule has 0 aromatic carbocycles. The Morgan fingerprint density at radius 3 is 2.18 bits per heavy atom. The molecule has 5 fully saturated rings. The van der Waals surface area contributed by atoms with Gasteiger partial charge in [0.2, 0.25) is 0 Å². The number of hydrogen-bond donors (Lipinski definition) is 2. The number of hydrogen-bond acceptors (Lipinski definition) is 3. The van der Waals surface area contributed by atoms with E-state index in [2.05, 4.69) is 20.8 Å². The molecule has 0 spiro atoms. The van der Waals surface area contributed by atoms with Crippen molar-refractivity contribution in [3.8, 4) is 0 Å². The summed E-state index contributed by atoms with van der Waals surface area (Å²) in [5.74, 6) is 3.61. The minimum absolute atomic E-state index is 0.0238. The molecule has 0 aliphatic heterocycles. The van der Waals surface area contributed by atoms with Gasteiger partial charge in [-0.15, -0.1) is 0 Å². The second-order valence-corrected chi connectivity index (χ2v) is 15.3. The molecule has 220 valence electrons. The first-order chi connectivity index (χ1) is 17.7. The van der Waals surface area contributed by atoms with Crippen molar-refractivity contribution in [3.05, 3.63) is 0 Å². The number of methoxy groups -OCH3 is 1. The van der Waals surface area contributed by atoms with Crippen LogP contribution in [0.5, 0.6) is 0 Å². The summed E-state index contributed by atoms with van der Waals surface area (Å²) in [7, 11) is 1.76. The number of ether oxygens (including phenoxy) is 1. The van der Waals surface area contributed by atoms with Gasteiger partial charge >= 0.3 is 6.18 Å². The molecule has 0 saturated heterocycles. The van der Waals surface area contributed by atoms with Crippen molar-refractivity contribution in [3.63, 3.8) is 0 Å². The van der Waals surface area contributed by atoms with Gasteiger partial charge < -0.3 is 14.9 Å². The zero-order valence-electron chi connectivity index (χ0n) is 24.3. The molecule has 38 heavy (non-hydrogen) atoms. The third-order valence-electron chi connectivity index (χ3n) is 13.5. The van der Waals surface area contributed by atoms with Crippen molar-refractivity contribution < 1.29 is 28.1 Å². The molecule has 6 heteroatoms. The third-order valence-corrected chi connectivity index (χ3v) is 13.5. The first kappa shape index (κ1) is 29.2. The Labute approximate surface area is 228 Å². The molecule has 3 nitrogen and oxygen atoms in total. The molecular formula is C32H53F3O3. The smallest absolute Gasteiger partial charge is 0.390 e. The number of halogens is 3. The maximum Gasteiger partial charge on any atom is 0.417 e. The highest BCUT2D eigenvalue weighted by Crippen LogP contribution is 2.69. The summed E-state index contributed by atoms with van der Waals surface area (Å²) in [4.78, 5) is 0. The van der Waals surface area contributed by atoms with E-state index < -0.39 is 17.4 Å². The summed E-state index contributed by atoms with van der Waals surface area (Å²) < 4.78 is 46.3. The fourth-order valence-corrected chi connectivity index (χ4v) is 11.0. The normalized spacial score (nSPS) is 50.1. The van der Waals surface area contributed by atoms with Gasteiger partial charge in [-0.2, -0.15) is 13.2 Å². The minimum Gasteiger partial charge on any atom is -0.390 e. The second-order valence-electron chi connectivity index (χ2n) is 15.3. The van der Waals surface area contributed by atoms with Crippen LogP contribution in [0.15, 0.2) is 0 Å². The van der Waals surface area contributed by atoms with Crippen molar-refractivity contribution >= 4 is 0 Å². The lowest BCUT2D eigenvalue weighted by Gasteiger charge is -2.62. The monoisotopic (exact) mass is 542 g/mol. The summed E-state index contributed by atoms with van der Waals surface area (Å²) in [6, 6.07) is 0. The molecule has 5 rings (SSSR count). The van der Waals surface area contributed by atoms with Crippen molar-refractivity contribution in [2.45, 2.75) is 134 Å². The number of fused-ring (bicyclic) bond motifs is 5. The lowest BCUT2D eigenvalue weighted by molar-refractivity contribution is -0.290. The SMILES string of the molecule is COC[C@H]1CC[C@](O)(CC[C@@H](C)[C@H]2CC[C@H]3[C@@H]4CC[C@H]5C[C@](O)(C(F)(F)F)CC[C@]5(C)[C@H]4CC[C@]23C)CC1. The van der Waals surface area contributed by atoms with Gasteiger partial charge in [0.1, 0.15) is 0 Å². The van der Waals surface area contributed by atoms with Gasteiger partial charge in [-0.05, 0) is 149 Å². The molecule has 5 aliphatic rings. The van der Waals surface area contributed by atoms with E-state index in [0.717, 1.165) is 64.4 Å². The van der Waals surface area contributed by atoms with Crippen molar-refractivity contribution in [2.24, 2.45) is 52.3 Å². The molecule has 2 N–H and O–H groups in total. The van der Waals surface area contributed by atoms with Gasteiger partial charge in [0.15, 0.2) is 5.60 Å². The quantitative estimate of drug-likeness (QED) is 0.358. The highest BCUT2D eigenvalue weighted by Gasteiger charge is 2.65. The number of alkyl halides is 3. The third kappa shape index (κ3) is 4.89. The summed E-state index contributed by atoms with van der Waals surface area (Å²) >= 11 is 0. The van der Waals surface area contributed by atoms with Crippen LogP contribution in [0.4, 0.5) is 13.2 Å². The van der Waals surface area contributed by atoms with Crippen LogP contribution in [0, 0.1) is 52.3 Å². The average Bonchev–Trinajstić information content (AvgIpc) is 3.21. The van der Waals surface area contributed by atoms with Crippen LogP contribution in [0.3, 0.4) is 0 Å². The van der Waals surface area contributed by atoms with Crippen molar-refractivity contribution in [1.29, 1.82) is 0 Å². The molecule has 0 radical (unpaired) electrons. The van der Waals surface area contributed by atoms with E-state index >= 15 is 0 Å². The van der Waals surface area contributed by atoms with E-state index in [0.29, 0.717) is 47.3 Å². The van der Waals surface area contributed by atoms with Crippen LogP contribution in [0.25, 0.3) is 0 Å². The Balaban J connectivity index is 1.22. The van der Waals surface area contributed by atoms with Gasteiger partial charge in [0, 0.05) is 13.7 Å². The Bertz CT molecular complexity index is 838. The molecule has 0 unspecified atom stereocenters. The summed E-state index contributed by atoms with van der Waals surface area (Å²) in [5, 5.41) is 21.8. The van der Waals surface area contributed by atoms with Crippen LogP contribution < -0.4 is 0 Å². The predicted molar refractivity (Wildman–Crippen MR) is 143 cm³/mol. The van der Waals surface area contributed by atoms with Crippen molar-refractivity contribution in [2.75, 3.05) is 13.7 Å². The average molecular weight is 543 g/mol. The molecule has 0 aromatic heterocycles. The van der Waals surface area contributed by atoms with Gasteiger partial charge in [-0.25, -0.2) is 0 Å². The first-order valence-corrected chi connectivity index (χ1v) is 15.8. The molecule has 0 amide bonds. The molecule has 0 heterocycles. The highest BCUT2D eigenvalue weighted by molar-refractivity contribution is 5.11. The minimum atomic E-state index is -4.53. The van der Waals surface area contributed by atoms with Crippen LogP contribution >= 0.6 is 0 Å². The number of aliphatic hydroxyl groups is 2. The summed E-state index contributed by atoms with van der Waals surface area (Å²) in [5.41, 5.74) is -2.77. The van der Waals surface area contributed by atoms with E-state index in [1.54, 1.807) is 7.11 Å². The maximum absolute atomic E-state index is 13.7. The Hall–Kier alpha value is -0.330. The van der Waals surface area contributed by atoms with Crippen LogP contribution in [0.2, 0.25) is 0 Å². The van der Waals surface area contributed by atoms with E-state index in [4.69, 9.17) is 4.74 Å². The molecule has 9 atom stereocenters. The Morgan fingerprint density at radius 1 is 0.842 bits per heavy atom. The summed E-state index contributed by atoms with van der Waals surface area (Å²) in [6.45, 7) is 8.02. The van der Waals surface area contributed by atoms with Crippen LogP contribution in [-0.4, -0.2) is 41.3 Å². The van der Waals surface area contributed by atoms with Crippen molar-refractivity contribution in [1.82, 2.24) is 0 Å². The standard InChI is InChI=1S/C32H53F3O3/c1-21(9-14-30(36)15-10-22(11-16-30)20-38-4)25-7-8-26-24-6-5-23-19-31(37,32(33,34)35)18-17-28(23,2)27(24)12-13-29(25,26)3/h21-27,36-37H,5-20H2,1-4H3/t21-,22-,23+,24+,25-,26+,27+,28+,29-,30+,31+/m1/s1. The fraction of sp³-hybridized carbons (Fsp3) is 1.00. The Kier molecular flexibility index (Phi) is 7.82.